The fourth-order valence-electron chi connectivity index (χ4n) is 1.69. The quantitative estimate of drug-likeness (QED) is 0.833. The molecule has 1 aliphatic rings. The molecule has 0 saturated heterocycles. The molecule has 0 aromatic carbocycles. The molecule has 0 unspecified atom stereocenters. The molecular formula is C12H17ClN4O. The molecule has 0 spiro atoms. The SMILES string of the molecule is CN(CC(=O)NC1CC1)c1nccc(CN)c1Cl. The van der Waals surface area contributed by atoms with Crippen molar-refractivity contribution in [2.75, 3.05) is 18.5 Å². The van der Waals surface area contributed by atoms with Crippen LogP contribution in [0, 0.1) is 0 Å². The lowest BCUT2D eigenvalue weighted by atomic mass is 10.2. The lowest BCUT2D eigenvalue weighted by Crippen LogP contribution is -2.36. The van der Waals surface area contributed by atoms with Crippen molar-refractivity contribution in [2.24, 2.45) is 5.73 Å². The van der Waals surface area contributed by atoms with Crippen LogP contribution in [0.25, 0.3) is 0 Å². The van der Waals surface area contributed by atoms with Crippen LogP contribution in [0.1, 0.15) is 18.4 Å². The second kappa shape index (κ2) is 5.54. The summed E-state index contributed by atoms with van der Waals surface area (Å²) < 4.78 is 0. The van der Waals surface area contributed by atoms with Crippen molar-refractivity contribution in [3.8, 4) is 0 Å². The van der Waals surface area contributed by atoms with E-state index in [2.05, 4.69) is 10.3 Å². The highest BCUT2D eigenvalue weighted by atomic mass is 35.5. The van der Waals surface area contributed by atoms with Gasteiger partial charge in [0.05, 0.1) is 11.6 Å². The average Bonchev–Trinajstić information content (AvgIpc) is 3.12. The van der Waals surface area contributed by atoms with Gasteiger partial charge < -0.3 is 16.0 Å². The van der Waals surface area contributed by atoms with Crippen molar-refractivity contribution in [2.45, 2.75) is 25.4 Å². The first-order chi connectivity index (χ1) is 8.61. The standard InChI is InChI=1S/C12H17ClN4O/c1-17(7-10(18)16-9-2-3-9)12-11(13)8(6-14)4-5-15-12/h4-5,9H,2-3,6-7,14H2,1H3,(H,16,18). The molecule has 5 nitrogen and oxygen atoms in total. The van der Waals surface area contributed by atoms with Gasteiger partial charge in [-0.2, -0.15) is 0 Å². The van der Waals surface area contributed by atoms with E-state index in [1.807, 2.05) is 0 Å². The van der Waals surface area contributed by atoms with Crippen LogP contribution in [0.5, 0.6) is 0 Å². The van der Waals surface area contributed by atoms with Gasteiger partial charge in [0, 0.05) is 25.8 Å². The number of amides is 1. The van der Waals surface area contributed by atoms with E-state index in [0.717, 1.165) is 18.4 Å². The average molecular weight is 269 g/mol. The Hall–Kier alpha value is -1.33. The zero-order valence-electron chi connectivity index (χ0n) is 10.3. The molecule has 0 atom stereocenters. The summed E-state index contributed by atoms with van der Waals surface area (Å²) in [5.41, 5.74) is 6.41. The maximum absolute atomic E-state index is 11.7. The van der Waals surface area contributed by atoms with Crippen LogP contribution in [0.2, 0.25) is 5.02 Å². The lowest BCUT2D eigenvalue weighted by Gasteiger charge is -2.19. The molecule has 0 radical (unpaired) electrons. The molecule has 1 saturated carbocycles. The largest absolute Gasteiger partial charge is 0.352 e. The van der Waals surface area contributed by atoms with Crippen molar-refractivity contribution in [1.29, 1.82) is 0 Å². The Morgan fingerprint density at radius 1 is 1.67 bits per heavy atom. The summed E-state index contributed by atoms with van der Waals surface area (Å²) in [6, 6.07) is 2.15. The first-order valence-electron chi connectivity index (χ1n) is 5.95. The van der Waals surface area contributed by atoms with Crippen molar-refractivity contribution in [3.63, 3.8) is 0 Å². The lowest BCUT2D eigenvalue weighted by molar-refractivity contribution is -0.119. The van der Waals surface area contributed by atoms with Crippen LogP contribution < -0.4 is 16.0 Å². The van der Waals surface area contributed by atoms with Gasteiger partial charge in [-0.05, 0) is 24.5 Å². The molecule has 1 amide bonds. The number of rotatable bonds is 5. The van der Waals surface area contributed by atoms with Gasteiger partial charge in [-0.25, -0.2) is 4.98 Å². The summed E-state index contributed by atoms with van der Waals surface area (Å²) in [7, 11) is 1.79. The Morgan fingerprint density at radius 2 is 2.39 bits per heavy atom. The van der Waals surface area contributed by atoms with Gasteiger partial charge in [0.1, 0.15) is 5.82 Å². The van der Waals surface area contributed by atoms with Crippen LogP contribution in [-0.2, 0) is 11.3 Å². The fraction of sp³-hybridized carbons (Fsp3) is 0.500. The van der Waals surface area contributed by atoms with Crippen LogP contribution >= 0.6 is 11.6 Å². The second-order valence-electron chi connectivity index (χ2n) is 4.51. The van der Waals surface area contributed by atoms with Gasteiger partial charge in [0.15, 0.2) is 0 Å². The first-order valence-corrected chi connectivity index (χ1v) is 6.33. The number of halogens is 1. The Morgan fingerprint density at radius 3 is 3.00 bits per heavy atom. The number of anilines is 1. The predicted octanol–water partition coefficient (Wildman–Crippen LogP) is 0.908. The molecule has 0 bridgehead atoms. The number of hydrogen-bond acceptors (Lipinski definition) is 4. The molecule has 98 valence electrons. The van der Waals surface area contributed by atoms with E-state index in [0.29, 0.717) is 23.4 Å². The zero-order chi connectivity index (χ0) is 13.1. The number of nitrogens with zero attached hydrogens (tertiary/aromatic N) is 2. The van der Waals surface area contributed by atoms with E-state index in [-0.39, 0.29) is 12.5 Å². The minimum Gasteiger partial charge on any atom is -0.352 e. The maximum Gasteiger partial charge on any atom is 0.239 e. The maximum atomic E-state index is 11.7. The summed E-state index contributed by atoms with van der Waals surface area (Å²) in [5, 5.41) is 3.44. The second-order valence-corrected chi connectivity index (χ2v) is 4.89. The molecule has 3 N–H and O–H groups in total. The third-order valence-electron chi connectivity index (χ3n) is 2.86. The smallest absolute Gasteiger partial charge is 0.239 e. The normalized spacial score (nSPS) is 14.4. The van der Waals surface area contributed by atoms with E-state index in [4.69, 9.17) is 17.3 Å². The monoisotopic (exact) mass is 268 g/mol. The molecule has 18 heavy (non-hydrogen) atoms. The molecule has 1 aliphatic carbocycles. The van der Waals surface area contributed by atoms with E-state index < -0.39 is 0 Å². The summed E-state index contributed by atoms with van der Waals surface area (Å²) in [5.74, 6) is 0.585. The van der Waals surface area contributed by atoms with Gasteiger partial charge >= 0.3 is 0 Å². The van der Waals surface area contributed by atoms with Crippen LogP contribution in [-0.4, -0.2) is 30.5 Å². The number of carbonyl (C=O) groups excluding carboxylic acids is 1. The number of nitrogens with one attached hydrogen (secondary N) is 1. The first kappa shape index (κ1) is 13.1. The van der Waals surface area contributed by atoms with Gasteiger partial charge in [-0.3, -0.25) is 4.79 Å². The van der Waals surface area contributed by atoms with E-state index in [1.165, 1.54) is 0 Å². The van der Waals surface area contributed by atoms with Gasteiger partial charge in [-0.15, -0.1) is 0 Å². The third-order valence-corrected chi connectivity index (χ3v) is 3.27. The fourth-order valence-corrected chi connectivity index (χ4v) is 2.02. The molecule has 2 rings (SSSR count). The number of aromatic nitrogens is 1. The molecule has 0 aliphatic heterocycles. The van der Waals surface area contributed by atoms with E-state index in [9.17, 15) is 4.79 Å². The number of likely N-dealkylation sites (N-methyl/N-ethyl adjacent to an activating group) is 1. The van der Waals surface area contributed by atoms with E-state index >= 15 is 0 Å². The number of nitrogens with two attached hydrogens (primary N) is 1. The van der Waals surface area contributed by atoms with Crippen LogP contribution in [0.3, 0.4) is 0 Å². The number of carbonyl (C=O) groups is 1. The highest BCUT2D eigenvalue weighted by Crippen LogP contribution is 2.25. The molecule has 1 aromatic heterocycles. The number of pyridine rings is 1. The van der Waals surface area contributed by atoms with E-state index in [1.54, 1.807) is 24.2 Å². The highest BCUT2D eigenvalue weighted by Gasteiger charge is 2.24. The van der Waals surface area contributed by atoms with Crippen LogP contribution in [0.15, 0.2) is 12.3 Å². The third kappa shape index (κ3) is 3.11. The van der Waals surface area contributed by atoms with Crippen molar-refractivity contribution in [1.82, 2.24) is 10.3 Å². The van der Waals surface area contributed by atoms with Crippen molar-refractivity contribution < 1.29 is 4.79 Å². The summed E-state index contributed by atoms with van der Waals surface area (Å²) >= 11 is 6.19. The summed E-state index contributed by atoms with van der Waals surface area (Å²) in [6.45, 7) is 0.605. The highest BCUT2D eigenvalue weighted by molar-refractivity contribution is 6.33. The zero-order valence-corrected chi connectivity index (χ0v) is 11.1. The summed E-state index contributed by atoms with van der Waals surface area (Å²) in [4.78, 5) is 17.6. The molecule has 1 fully saturated rings. The Bertz CT molecular complexity index is 448. The molecule has 6 heteroatoms. The minimum atomic E-state index is -0.00369. The van der Waals surface area contributed by atoms with Gasteiger partial charge in [-0.1, -0.05) is 11.6 Å². The molecule has 1 aromatic rings. The van der Waals surface area contributed by atoms with Gasteiger partial charge in [0.2, 0.25) is 5.91 Å². The minimum absolute atomic E-state index is 0.00369. The molecular weight excluding hydrogens is 252 g/mol. The van der Waals surface area contributed by atoms with Gasteiger partial charge in [0.25, 0.3) is 0 Å². The number of hydrogen-bond donors (Lipinski definition) is 2. The van der Waals surface area contributed by atoms with Crippen LogP contribution in [0.4, 0.5) is 5.82 Å². The predicted molar refractivity (Wildman–Crippen MR) is 71.6 cm³/mol. The Kier molecular flexibility index (Phi) is 4.04. The molecule has 1 heterocycles. The van der Waals surface area contributed by atoms with Crippen molar-refractivity contribution >= 4 is 23.3 Å². The summed E-state index contributed by atoms with van der Waals surface area (Å²) in [6.07, 6.45) is 3.81. The van der Waals surface area contributed by atoms with Crippen molar-refractivity contribution in [3.05, 3.63) is 22.8 Å². The Balaban J connectivity index is 2.03. The Labute approximate surface area is 111 Å². The topological polar surface area (TPSA) is 71.2 Å².